The van der Waals surface area contributed by atoms with Crippen molar-refractivity contribution in [3.63, 3.8) is 0 Å². The maximum atomic E-state index is 14.6. The van der Waals surface area contributed by atoms with Gasteiger partial charge in [-0.1, -0.05) is 55.8 Å². The van der Waals surface area contributed by atoms with Crippen molar-refractivity contribution in [2.75, 3.05) is 0 Å². The van der Waals surface area contributed by atoms with Crippen molar-refractivity contribution in [1.82, 2.24) is 0 Å². The number of hydrogen-bond donors (Lipinski definition) is 0. The lowest BCUT2D eigenvalue weighted by molar-refractivity contribution is 0.290. The van der Waals surface area contributed by atoms with E-state index in [4.69, 9.17) is 4.74 Å². The van der Waals surface area contributed by atoms with Crippen molar-refractivity contribution in [3.8, 4) is 16.9 Å². The van der Waals surface area contributed by atoms with Crippen LogP contribution in [0, 0.1) is 23.3 Å². The van der Waals surface area contributed by atoms with Crippen molar-refractivity contribution in [2.24, 2.45) is 0 Å². The average molecular weight is 424 g/mol. The molecule has 5 heteroatoms. The lowest BCUT2D eigenvalue weighted by atomic mass is 10.0. The summed E-state index contributed by atoms with van der Waals surface area (Å²) in [6.07, 6.45) is 2.07. The molecule has 0 amide bonds. The number of ether oxygens (including phenoxy) is 1. The second-order valence-electron chi connectivity index (χ2n) is 7.42. The minimum Gasteiger partial charge on any atom is -0.486 e. The summed E-state index contributed by atoms with van der Waals surface area (Å²) in [5, 5.41) is 0.183. The zero-order valence-corrected chi connectivity index (χ0v) is 16.9. The van der Waals surface area contributed by atoms with E-state index < -0.39 is 23.3 Å². The van der Waals surface area contributed by atoms with Gasteiger partial charge in [-0.3, -0.25) is 0 Å². The molecule has 4 aromatic rings. The molecule has 0 bridgehead atoms. The van der Waals surface area contributed by atoms with Crippen LogP contribution >= 0.6 is 0 Å². The van der Waals surface area contributed by atoms with Crippen LogP contribution in [0.1, 0.15) is 24.5 Å². The van der Waals surface area contributed by atoms with E-state index >= 15 is 0 Å². The van der Waals surface area contributed by atoms with Gasteiger partial charge in [-0.15, -0.1) is 0 Å². The smallest absolute Gasteiger partial charge is 0.195 e. The molecule has 0 aliphatic rings. The first kappa shape index (κ1) is 20.9. The fraction of sp³-hybridized carbons (Fsp3) is 0.154. The normalized spacial score (nSPS) is 11.1. The minimum atomic E-state index is -1.50. The second-order valence-corrected chi connectivity index (χ2v) is 7.42. The Morgan fingerprint density at radius 3 is 2.10 bits per heavy atom. The second kappa shape index (κ2) is 8.80. The van der Waals surface area contributed by atoms with Crippen LogP contribution in [0.4, 0.5) is 17.6 Å². The Balaban J connectivity index is 1.50. The molecule has 31 heavy (non-hydrogen) atoms. The summed E-state index contributed by atoms with van der Waals surface area (Å²) in [6.45, 7) is 2.12. The summed E-state index contributed by atoms with van der Waals surface area (Å²) in [5.41, 5.74) is 3.47. The van der Waals surface area contributed by atoms with Crippen LogP contribution in [-0.4, -0.2) is 0 Å². The van der Waals surface area contributed by atoms with Crippen LogP contribution in [0.2, 0.25) is 0 Å². The fourth-order valence-electron chi connectivity index (χ4n) is 3.56. The first-order valence-electron chi connectivity index (χ1n) is 10.0. The molecule has 4 aromatic carbocycles. The monoisotopic (exact) mass is 424 g/mol. The number of halogens is 4. The van der Waals surface area contributed by atoms with Gasteiger partial charge in [-0.05, 0) is 58.3 Å². The van der Waals surface area contributed by atoms with E-state index in [0.717, 1.165) is 30.0 Å². The highest BCUT2D eigenvalue weighted by atomic mass is 19.2. The molecule has 0 aliphatic heterocycles. The Kier molecular flexibility index (Phi) is 5.94. The summed E-state index contributed by atoms with van der Waals surface area (Å²) < 4.78 is 60.8. The van der Waals surface area contributed by atoms with E-state index in [1.807, 2.05) is 24.3 Å². The van der Waals surface area contributed by atoms with Gasteiger partial charge in [0.15, 0.2) is 29.0 Å². The van der Waals surface area contributed by atoms with Crippen LogP contribution < -0.4 is 4.74 Å². The Bertz CT molecular complexity index is 1230. The lowest BCUT2D eigenvalue weighted by Gasteiger charge is -2.11. The zero-order valence-electron chi connectivity index (χ0n) is 16.9. The maximum Gasteiger partial charge on any atom is 0.195 e. The number of benzene rings is 4. The van der Waals surface area contributed by atoms with Crippen LogP contribution in [0.5, 0.6) is 5.75 Å². The molecule has 0 saturated heterocycles. The fourth-order valence-corrected chi connectivity index (χ4v) is 3.56. The first-order chi connectivity index (χ1) is 15.0. The van der Waals surface area contributed by atoms with Crippen LogP contribution in [0.3, 0.4) is 0 Å². The Morgan fingerprint density at radius 1 is 0.677 bits per heavy atom. The number of fused-ring (bicyclic) bond motifs is 1. The molecule has 0 unspecified atom stereocenters. The van der Waals surface area contributed by atoms with Gasteiger partial charge in [-0.2, -0.15) is 0 Å². The highest BCUT2D eigenvalue weighted by Crippen LogP contribution is 2.28. The van der Waals surface area contributed by atoms with E-state index in [1.165, 1.54) is 29.8 Å². The van der Waals surface area contributed by atoms with Gasteiger partial charge in [0.1, 0.15) is 6.61 Å². The molecule has 158 valence electrons. The Hall–Kier alpha value is -3.34. The standard InChI is InChI=1S/C26H20F4O/c1-2-3-16-4-7-18(8-5-16)19-9-11-24(22(27)13-19)31-15-17-6-10-21-20(12-17)14-23(28)26(30)25(21)29/h4-14H,2-3,15H2,1H3. The van der Waals surface area contributed by atoms with Crippen molar-refractivity contribution in [1.29, 1.82) is 0 Å². The SMILES string of the molecule is CCCc1ccc(-c2ccc(OCc3ccc4c(F)c(F)c(F)cc4c3)c(F)c2)cc1. The molecule has 0 saturated carbocycles. The summed E-state index contributed by atoms with van der Waals surface area (Å²) in [7, 11) is 0. The van der Waals surface area contributed by atoms with Crippen molar-refractivity contribution < 1.29 is 22.3 Å². The predicted molar refractivity (Wildman–Crippen MR) is 114 cm³/mol. The van der Waals surface area contributed by atoms with Gasteiger partial charge in [0.2, 0.25) is 0 Å². The van der Waals surface area contributed by atoms with E-state index in [1.54, 1.807) is 12.1 Å². The molecule has 0 aliphatic carbocycles. The topological polar surface area (TPSA) is 9.23 Å². The highest BCUT2D eigenvalue weighted by molar-refractivity contribution is 5.84. The summed E-state index contributed by atoms with van der Waals surface area (Å²) >= 11 is 0. The molecule has 4 rings (SSSR count). The van der Waals surface area contributed by atoms with Gasteiger partial charge < -0.3 is 4.74 Å². The molecule has 0 spiro atoms. The Morgan fingerprint density at radius 2 is 1.39 bits per heavy atom. The molecule has 0 aromatic heterocycles. The van der Waals surface area contributed by atoms with E-state index in [9.17, 15) is 17.6 Å². The van der Waals surface area contributed by atoms with Crippen LogP contribution in [0.25, 0.3) is 21.9 Å². The van der Waals surface area contributed by atoms with Gasteiger partial charge in [0.25, 0.3) is 0 Å². The summed E-state index contributed by atoms with van der Waals surface area (Å²) in [6, 6.07) is 18.1. The van der Waals surface area contributed by atoms with Crippen molar-refractivity contribution >= 4 is 10.8 Å². The third-order valence-electron chi connectivity index (χ3n) is 5.19. The number of hydrogen-bond acceptors (Lipinski definition) is 1. The van der Waals surface area contributed by atoms with Gasteiger partial charge in [0.05, 0.1) is 0 Å². The Labute approximate surface area is 177 Å². The predicted octanol–water partition coefficient (Wildman–Crippen LogP) is 7.59. The molecule has 0 atom stereocenters. The maximum absolute atomic E-state index is 14.6. The molecule has 1 nitrogen and oxygen atoms in total. The van der Waals surface area contributed by atoms with E-state index in [-0.39, 0.29) is 23.1 Å². The third-order valence-corrected chi connectivity index (χ3v) is 5.19. The quantitative estimate of drug-likeness (QED) is 0.229. The summed E-state index contributed by atoms with van der Waals surface area (Å²) in [4.78, 5) is 0. The lowest BCUT2D eigenvalue weighted by Crippen LogP contribution is -1.99. The largest absolute Gasteiger partial charge is 0.486 e. The van der Waals surface area contributed by atoms with Crippen LogP contribution in [-0.2, 0) is 13.0 Å². The molecule has 0 N–H and O–H groups in total. The van der Waals surface area contributed by atoms with Crippen molar-refractivity contribution in [3.05, 3.63) is 101 Å². The van der Waals surface area contributed by atoms with E-state index in [0.29, 0.717) is 5.56 Å². The first-order valence-corrected chi connectivity index (χ1v) is 10.0. The molecular weight excluding hydrogens is 404 g/mol. The minimum absolute atomic E-state index is 0.00145. The van der Waals surface area contributed by atoms with Gasteiger partial charge in [0, 0.05) is 5.39 Å². The molecule has 0 radical (unpaired) electrons. The number of rotatable bonds is 6. The molecule has 0 fully saturated rings. The van der Waals surface area contributed by atoms with Crippen LogP contribution in [0.15, 0.2) is 66.7 Å². The van der Waals surface area contributed by atoms with Crippen molar-refractivity contribution in [2.45, 2.75) is 26.4 Å². The number of aryl methyl sites for hydroxylation is 1. The third kappa shape index (κ3) is 4.41. The highest BCUT2D eigenvalue weighted by Gasteiger charge is 2.14. The molecule has 0 heterocycles. The van der Waals surface area contributed by atoms with Gasteiger partial charge in [-0.25, -0.2) is 17.6 Å². The van der Waals surface area contributed by atoms with Gasteiger partial charge >= 0.3 is 0 Å². The summed E-state index contributed by atoms with van der Waals surface area (Å²) in [5.74, 6) is -4.42. The average Bonchev–Trinajstić information content (AvgIpc) is 2.77. The van der Waals surface area contributed by atoms with E-state index in [2.05, 4.69) is 6.92 Å². The zero-order chi connectivity index (χ0) is 22.0. The molecular formula is C26H20F4O.